The number of rotatable bonds is 12. The molecule has 4 N–H and O–H groups in total. The van der Waals surface area contributed by atoms with Gasteiger partial charge in [-0.1, -0.05) is 24.3 Å². The van der Waals surface area contributed by atoms with Gasteiger partial charge in [0.15, 0.2) is 0 Å². The molecule has 3 rings (SSSR count). The summed E-state index contributed by atoms with van der Waals surface area (Å²) < 4.78 is 10.6. The van der Waals surface area contributed by atoms with Crippen LogP contribution in [0.4, 0.5) is 0 Å². The molecule has 1 aliphatic rings. The summed E-state index contributed by atoms with van der Waals surface area (Å²) in [5, 5.41) is 38.6. The third-order valence-electron chi connectivity index (χ3n) is 5.92. The molecule has 0 aliphatic carbocycles. The van der Waals surface area contributed by atoms with Gasteiger partial charge in [-0.15, -0.1) is 0 Å². The normalized spacial score (nSPS) is 16.0. The van der Waals surface area contributed by atoms with E-state index < -0.39 is 18.0 Å². The van der Waals surface area contributed by atoms with Gasteiger partial charge in [0.05, 0.1) is 6.61 Å². The number of aromatic hydroxyl groups is 3. The third kappa shape index (κ3) is 8.67. The van der Waals surface area contributed by atoms with Crippen LogP contribution in [0.2, 0.25) is 0 Å². The van der Waals surface area contributed by atoms with E-state index in [1.165, 1.54) is 36.4 Å². The number of ether oxygens (including phenoxy) is 2. The highest BCUT2D eigenvalue weighted by Crippen LogP contribution is 2.36. The molecule has 2 aromatic carbocycles. The monoisotopic (exact) mass is 520 g/mol. The Morgan fingerprint density at radius 3 is 2.50 bits per heavy atom. The number of aliphatic hydroxyl groups is 1. The van der Waals surface area contributed by atoms with Crippen molar-refractivity contribution >= 4 is 18.0 Å². The van der Waals surface area contributed by atoms with Gasteiger partial charge in [0.25, 0.3) is 0 Å². The summed E-state index contributed by atoms with van der Waals surface area (Å²) >= 11 is 0. The number of allylic oxidation sites excluding steroid dienone is 2. The zero-order chi connectivity index (χ0) is 27.5. The average molecular weight is 521 g/mol. The van der Waals surface area contributed by atoms with Crippen molar-refractivity contribution in [2.75, 3.05) is 13.2 Å². The molecule has 0 saturated heterocycles. The van der Waals surface area contributed by atoms with Gasteiger partial charge in [-0.05, 0) is 91.8 Å². The molecular weight excluding hydrogens is 488 g/mol. The van der Waals surface area contributed by atoms with Crippen molar-refractivity contribution in [1.82, 2.24) is 0 Å². The maximum Gasteiger partial charge on any atom is 0.334 e. The topological polar surface area (TPSA) is 134 Å². The number of hydrogen-bond donors (Lipinski definition) is 4. The molecule has 1 heterocycles. The molecule has 38 heavy (non-hydrogen) atoms. The van der Waals surface area contributed by atoms with E-state index >= 15 is 0 Å². The minimum atomic E-state index is -0.753. The standard InChI is InChI=1S/C30H32O8/c1-20(19-37-29(35)15-10-21-8-11-24(32)12-9-21)4-2-5-22(18-31)6-3-7-23-16-28(38-30(23)36)26-17-25(33)13-14-27(26)34/h4,6,8-17,28,31-34H,2-3,5,7,18-19H2,1H3/b15-10+,20-4+,22-6-/t28-/m1/s1. The maximum atomic E-state index is 12.2. The first-order valence-electron chi connectivity index (χ1n) is 12.3. The Morgan fingerprint density at radius 1 is 1.03 bits per heavy atom. The second-order valence-electron chi connectivity index (χ2n) is 8.94. The lowest BCUT2D eigenvalue weighted by Crippen LogP contribution is -2.03. The van der Waals surface area contributed by atoms with Crippen LogP contribution in [-0.4, -0.2) is 45.6 Å². The number of hydrogen-bond acceptors (Lipinski definition) is 8. The Labute approximate surface area is 221 Å². The summed E-state index contributed by atoms with van der Waals surface area (Å²) in [5.41, 5.74) is 3.28. The molecule has 0 aromatic heterocycles. The van der Waals surface area contributed by atoms with Crippen molar-refractivity contribution in [3.05, 3.63) is 94.6 Å². The van der Waals surface area contributed by atoms with Crippen molar-refractivity contribution in [3.63, 3.8) is 0 Å². The summed E-state index contributed by atoms with van der Waals surface area (Å²) in [5.74, 6) is -0.881. The Kier molecular flexibility index (Phi) is 10.3. The first-order chi connectivity index (χ1) is 18.2. The van der Waals surface area contributed by atoms with Gasteiger partial charge >= 0.3 is 11.9 Å². The lowest BCUT2D eigenvalue weighted by atomic mass is 10.0. The Hall–Kier alpha value is -4.30. The second-order valence-corrected chi connectivity index (χ2v) is 8.94. The third-order valence-corrected chi connectivity index (χ3v) is 5.92. The summed E-state index contributed by atoms with van der Waals surface area (Å²) in [6, 6.07) is 10.5. The van der Waals surface area contributed by atoms with E-state index in [-0.39, 0.29) is 30.5 Å². The van der Waals surface area contributed by atoms with E-state index in [1.807, 2.05) is 19.1 Å². The number of cyclic esters (lactones) is 1. The lowest BCUT2D eigenvalue weighted by molar-refractivity contribution is -0.140. The Balaban J connectivity index is 1.42. The fraction of sp³-hybridized carbons (Fsp3) is 0.267. The molecule has 8 nitrogen and oxygen atoms in total. The molecule has 0 amide bonds. The van der Waals surface area contributed by atoms with Crippen LogP contribution in [0.15, 0.2) is 83.5 Å². The predicted molar refractivity (Wildman–Crippen MR) is 142 cm³/mol. The lowest BCUT2D eigenvalue weighted by Gasteiger charge is -2.10. The maximum absolute atomic E-state index is 12.2. The molecule has 0 radical (unpaired) electrons. The minimum Gasteiger partial charge on any atom is -0.508 e. The second kappa shape index (κ2) is 13.9. The van der Waals surface area contributed by atoms with Crippen LogP contribution in [0, 0.1) is 0 Å². The summed E-state index contributed by atoms with van der Waals surface area (Å²) in [7, 11) is 0. The van der Waals surface area contributed by atoms with Gasteiger partial charge in [-0.25, -0.2) is 9.59 Å². The van der Waals surface area contributed by atoms with E-state index in [2.05, 4.69) is 0 Å². The van der Waals surface area contributed by atoms with Crippen molar-refractivity contribution in [2.24, 2.45) is 0 Å². The first-order valence-corrected chi connectivity index (χ1v) is 12.3. The summed E-state index contributed by atoms with van der Waals surface area (Å²) in [6.45, 7) is 1.91. The first kappa shape index (κ1) is 28.3. The predicted octanol–water partition coefficient (Wildman–Crippen LogP) is 5.01. The van der Waals surface area contributed by atoms with Gasteiger partial charge in [0, 0.05) is 17.2 Å². The molecule has 0 saturated carbocycles. The van der Waals surface area contributed by atoms with Crippen LogP contribution in [-0.2, 0) is 19.1 Å². The Morgan fingerprint density at radius 2 is 1.76 bits per heavy atom. The molecule has 200 valence electrons. The highest BCUT2D eigenvalue weighted by Gasteiger charge is 2.28. The number of carbonyl (C=O) groups is 2. The fourth-order valence-corrected chi connectivity index (χ4v) is 3.81. The van der Waals surface area contributed by atoms with Crippen LogP contribution in [0.1, 0.15) is 49.8 Å². The van der Waals surface area contributed by atoms with Crippen molar-refractivity contribution in [3.8, 4) is 17.2 Å². The van der Waals surface area contributed by atoms with E-state index in [4.69, 9.17) is 9.47 Å². The highest BCUT2D eigenvalue weighted by atomic mass is 16.5. The van der Waals surface area contributed by atoms with Crippen LogP contribution in [0.25, 0.3) is 6.08 Å². The summed E-state index contributed by atoms with van der Waals surface area (Å²) in [6.07, 6.45) is 9.88. The van der Waals surface area contributed by atoms with Crippen molar-refractivity contribution in [2.45, 2.75) is 38.7 Å². The number of esters is 2. The summed E-state index contributed by atoms with van der Waals surface area (Å²) in [4.78, 5) is 24.1. The fourth-order valence-electron chi connectivity index (χ4n) is 3.81. The quantitative estimate of drug-likeness (QED) is 0.133. The molecule has 2 aromatic rings. The molecule has 0 fully saturated rings. The van der Waals surface area contributed by atoms with Crippen LogP contribution in [0.3, 0.4) is 0 Å². The SMILES string of the molecule is C/C(=C\CC/C(=C/CCC1=C[C@H](c2cc(O)ccc2O)OC1=O)CO)COC(=O)/C=C/c1ccc(O)cc1. The van der Waals surface area contributed by atoms with Crippen molar-refractivity contribution < 1.29 is 39.5 Å². The Bertz CT molecular complexity index is 1250. The van der Waals surface area contributed by atoms with Gasteiger partial charge in [0.1, 0.15) is 30.0 Å². The molecular formula is C30H32O8. The molecule has 8 heteroatoms. The van der Waals surface area contributed by atoms with Gasteiger partial charge in [-0.2, -0.15) is 0 Å². The average Bonchev–Trinajstić information content (AvgIpc) is 3.27. The number of carbonyl (C=O) groups excluding carboxylic acids is 2. The molecule has 0 unspecified atom stereocenters. The van der Waals surface area contributed by atoms with Gasteiger partial charge < -0.3 is 29.9 Å². The number of phenols is 3. The zero-order valence-corrected chi connectivity index (χ0v) is 21.2. The largest absolute Gasteiger partial charge is 0.508 e. The highest BCUT2D eigenvalue weighted by molar-refractivity contribution is 5.91. The molecule has 1 atom stereocenters. The van der Waals surface area contributed by atoms with E-state index in [1.54, 1.807) is 24.3 Å². The number of benzene rings is 2. The van der Waals surface area contributed by atoms with Gasteiger partial charge in [0.2, 0.25) is 0 Å². The minimum absolute atomic E-state index is 0.0314. The molecule has 1 aliphatic heterocycles. The van der Waals surface area contributed by atoms with Crippen LogP contribution >= 0.6 is 0 Å². The smallest absolute Gasteiger partial charge is 0.334 e. The van der Waals surface area contributed by atoms with E-state index in [0.29, 0.717) is 36.8 Å². The van der Waals surface area contributed by atoms with Crippen LogP contribution < -0.4 is 0 Å². The van der Waals surface area contributed by atoms with Crippen LogP contribution in [0.5, 0.6) is 17.2 Å². The number of aliphatic hydroxyl groups excluding tert-OH is 1. The van der Waals surface area contributed by atoms with Gasteiger partial charge in [-0.3, -0.25) is 0 Å². The van der Waals surface area contributed by atoms with E-state index in [9.17, 15) is 30.0 Å². The van der Waals surface area contributed by atoms with Crippen molar-refractivity contribution in [1.29, 1.82) is 0 Å². The molecule has 0 spiro atoms. The zero-order valence-electron chi connectivity index (χ0n) is 21.2. The molecule has 0 bridgehead atoms. The number of phenolic OH excluding ortho intramolecular Hbond substituents is 3. The van der Waals surface area contributed by atoms with E-state index in [0.717, 1.165) is 16.7 Å².